The van der Waals surface area contributed by atoms with E-state index in [9.17, 15) is 9.18 Å². The van der Waals surface area contributed by atoms with Gasteiger partial charge in [-0.1, -0.05) is 6.92 Å². The maximum Gasteiger partial charge on any atom is 0.136 e. The van der Waals surface area contributed by atoms with Crippen LogP contribution in [-0.2, 0) is 4.79 Å². The summed E-state index contributed by atoms with van der Waals surface area (Å²) in [6.07, 6.45) is -0.840. The second-order valence-corrected chi connectivity index (χ2v) is 2.44. The maximum absolute atomic E-state index is 12.2. The first-order chi connectivity index (χ1) is 3.64. The molecule has 0 heterocycles. The normalized spacial score (nSPS) is 44.1. The number of hydrogen-bond donors (Lipinski definition) is 0. The summed E-state index contributed by atoms with van der Waals surface area (Å²) < 4.78 is 12.2. The van der Waals surface area contributed by atoms with Gasteiger partial charge in [-0.2, -0.15) is 0 Å². The van der Waals surface area contributed by atoms with E-state index < -0.39 is 6.17 Å². The molecule has 2 unspecified atom stereocenters. The summed E-state index contributed by atoms with van der Waals surface area (Å²) in [5.74, 6) is -0.285. The van der Waals surface area contributed by atoms with Crippen LogP contribution < -0.4 is 0 Å². The van der Waals surface area contributed by atoms with Crippen molar-refractivity contribution in [1.82, 2.24) is 0 Å². The molecule has 1 aliphatic carbocycles. The molecule has 0 aromatic heterocycles. The van der Waals surface area contributed by atoms with Crippen LogP contribution in [0.15, 0.2) is 0 Å². The van der Waals surface area contributed by atoms with E-state index >= 15 is 0 Å². The van der Waals surface area contributed by atoms with Crippen LogP contribution in [0.4, 0.5) is 4.39 Å². The summed E-state index contributed by atoms with van der Waals surface area (Å²) >= 11 is 0. The van der Waals surface area contributed by atoms with Crippen LogP contribution in [-0.4, -0.2) is 12.0 Å². The molecular formula is C6H9FO. The lowest BCUT2D eigenvalue weighted by Gasteiger charge is -1.80. The molecule has 1 nitrogen and oxygen atoms in total. The van der Waals surface area contributed by atoms with E-state index in [1.807, 2.05) is 0 Å². The van der Waals surface area contributed by atoms with Crippen LogP contribution in [0.3, 0.4) is 0 Å². The van der Waals surface area contributed by atoms with Gasteiger partial charge >= 0.3 is 0 Å². The van der Waals surface area contributed by atoms with Gasteiger partial charge in [0, 0.05) is 5.92 Å². The number of hydrogen-bond acceptors (Lipinski definition) is 1. The molecule has 1 aliphatic rings. The van der Waals surface area contributed by atoms with Crippen molar-refractivity contribution in [1.29, 1.82) is 0 Å². The lowest BCUT2D eigenvalue weighted by atomic mass is 10.2. The SMILES string of the molecule is CC(=O)C1C(C)[C@@H]1F. The maximum atomic E-state index is 12.2. The quantitative estimate of drug-likeness (QED) is 0.502. The Hall–Kier alpha value is -0.400. The highest BCUT2D eigenvalue weighted by atomic mass is 19.1. The summed E-state index contributed by atoms with van der Waals surface area (Å²) in [7, 11) is 0. The van der Waals surface area contributed by atoms with Gasteiger partial charge in [-0.3, -0.25) is 4.79 Å². The molecular weight excluding hydrogens is 107 g/mol. The Morgan fingerprint density at radius 1 is 1.62 bits per heavy atom. The van der Waals surface area contributed by atoms with Crippen molar-refractivity contribution in [3.05, 3.63) is 0 Å². The average molecular weight is 116 g/mol. The van der Waals surface area contributed by atoms with Gasteiger partial charge in [0.15, 0.2) is 0 Å². The Bertz CT molecular complexity index is 114. The second-order valence-electron chi connectivity index (χ2n) is 2.44. The van der Waals surface area contributed by atoms with E-state index in [4.69, 9.17) is 0 Å². The lowest BCUT2D eigenvalue weighted by molar-refractivity contribution is -0.118. The third-order valence-corrected chi connectivity index (χ3v) is 1.74. The highest BCUT2D eigenvalue weighted by molar-refractivity contribution is 5.82. The summed E-state index contributed by atoms with van der Waals surface area (Å²) in [5.41, 5.74) is 0. The topological polar surface area (TPSA) is 17.1 Å². The molecule has 1 fully saturated rings. The molecule has 3 atom stereocenters. The molecule has 0 aromatic rings. The summed E-state index contributed by atoms with van der Waals surface area (Å²) in [5, 5.41) is 0. The van der Waals surface area contributed by atoms with Crippen molar-refractivity contribution < 1.29 is 9.18 Å². The molecule has 2 heteroatoms. The zero-order valence-electron chi connectivity index (χ0n) is 5.02. The first-order valence-corrected chi connectivity index (χ1v) is 2.79. The highest BCUT2D eigenvalue weighted by Crippen LogP contribution is 2.41. The van der Waals surface area contributed by atoms with E-state index in [0.29, 0.717) is 0 Å². The van der Waals surface area contributed by atoms with Crippen LogP contribution in [0.25, 0.3) is 0 Å². The van der Waals surface area contributed by atoms with Crippen molar-refractivity contribution in [2.45, 2.75) is 20.0 Å². The number of rotatable bonds is 1. The third kappa shape index (κ3) is 0.641. The molecule has 0 spiro atoms. The molecule has 0 radical (unpaired) electrons. The average Bonchev–Trinajstić information content (AvgIpc) is 2.15. The van der Waals surface area contributed by atoms with Gasteiger partial charge in [-0.05, 0) is 6.92 Å². The molecule has 8 heavy (non-hydrogen) atoms. The largest absolute Gasteiger partial charge is 0.300 e. The fraction of sp³-hybridized carbons (Fsp3) is 0.833. The van der Waals surface area contributed by atoms with E-state index in [1.54, 1.807) is 6.92 Å². The van der Waals surface area contributed by atoms with Crippen LogP contribution in [0, 0.1) is 11.8 Å². The van der Waals surface area contributed by atoms with Crippen molar-refractivity contribution >= 4 is 5.78 Å². The predicted molar refractivity (Wildman–Crippen MR) is 28.2 cm³/mol. The molecule has 46 valence electrons. The van der Waals surface area contributed by atoms with Gasteiger partial charge in [0.25, 0.3) is 0 Å². The van der Waals surface area contributed by atoms with Gasteiger partial charge < -0.3 is 0 Å². The van der Waals surface area contributed by atoms with Gasteiger partial charge in [0.05, 0.1) is 5.92 Å². The molecule has 0 aliphatic heterocycles. The minimum absolute atomic E-state index is 0.00694. The standard InChI is InChI=1S/C6H9FO/c1-3-5(4(2)8)6(3)7/h3,5-6H,1-2H3/t3?,5?,6-/m0/s1. The molecule has 0 amide bonds. The Balaban J connectivity index is 2.44. The van der Waals surface area contributed by atoms with Crippen molar-refractivity contribution in [2.24, 2.45) is 11.8 Å². The fourth-order valence-corrected chi connectivity index (χ4v) is 1.01. The summed E-state index contributed by atoms with van der Waals surface area (Å²) in [6, 6.07) is 0. The number of alkyl halides is 1. The molecule has 0 saturated heterocycles. The number of halogens is 1. The monoisotopic (exact) mass is 116 g/mol. The number of carbonyl (C=O) groups excluding carboxylic acids is 1. The number of ketones is 1. The van der Waals surface area contributed by atoms with Crippen molar-refractivity contribution in [2.75, 3.05) is 0 Å². The van der Waals surface area contributed by atoms with E-state index in [0.717, 1.165) is 0 Å². The highest BCUT2D eigenvalue weighted by Gasteiger charge is 2.50. The Kier molecular flexibility index (Phi) is 1.10. The summed E-state index contributed by atoms with van der Waals surface area (Å²) in [4.78, 5) is 10.4. The molecule has 1 saturated carbocycles. The lowest BCUT2D eigenvalue weighted by Crippen LogP contribution is -1.94. The predicted octanol–water partition coefficient (Wildman–Crippen LogP) is 1.18. The van der Waals surface area contributed by atoms with Crippen LogP contribution >= 0.6 is 0 Å². The van der Waals surface area contributed by atoms with Gasteiger partial charge in [-0.15, -0.1) is 0 Å². The molecule has 0 aromatic carbocycles. The molecule has 0 N–H and O–H groups in total. The van der Waals surface area contributed by atoms with Crippen LogP contribution in [0.1, 0.15) is 13.8 Å². The fourth-order valence-electron chi connectivity index (χ4n) is 1.01. The van der Waals surface area contributed by atoms with Gasteiger partial charge in [-0.25, -0.2) is 4.39 Å². The van der Waals surface area contributed by atoms with E-state index in [-0.39, 0.29) is 17.6 Å². The zero-order valence-corrected chi connectivity index (χ0v) is 5.02. The minimum Gasteiger partial charge on any atom is -0.300 e. The molecule has 1 rings (SSSR count). The van der Waals surface area contributed by atoms with Crippen LogP contribution in [0.5, 0.6) is 0 Å². The van der Waals surface area contributed by atoms with Gasteiger partial charge in [0.2, 0.25) is 0 Å². The first kappa shape index (κ1) is 5.73. The van der Waals surface area contributed by atoms with E-state index in [1.165, 1.54) is 6.92 Å². The number of Topliss-reactive ketones (excluding diaryl/α,β-unsaturated/α-hetero) is 1. The Labute approximate surface area is 47.9 Å². The van der Waals surface area contributed by atoms with Crippen LogP contribution in [0.2, 0.25) is 0 Å². The minimum atomic E-state index is -0.840. The first-order valence-electron chi connectivity index (χ1n) is 2.79. The third-order valence-electron chi connectivity index (χ3n) is 1.74. The van der Waals surface area contributed by atoms with Crippen molar-refractivity contribution in [3.63, 3.8) is 0 Å². The summed E-state index contributed by atoms with van der Waals surface area (Å²) in [6.45, 7) is 3.21. The number of carbonyl (C=O) groups is 1. The Morgan fingerprint density at radius 3 is 2.00 bits per heavy atom. The molecule has 0 bridgehead atoms. The second kappa shape index (κ2) is 1.54. The van der Waals surface area contributed by atoms with Crippen molar-refractivity contribution in [3.8, 4) is 0 Å². The van der Waals surface area contributed by atoms with E-state index in [2.05, 4.69) is 0 Å². The van der Waals surface area contributed by atoms with Gasteiger partial charge in [0.1, 0.15) is 12.0 Å². The Morgan fingerprint density at radius 2 is 2.00 bits per heavy atom. The zero-order chi connectivity index (χ0) is 6.31. The smallest absolute Gasteiger partial charge is 0.136 e.